The zero-order chi connectivity index (χ0) is 13.1. The molecule has 1 aromatic carbocycles. The van der Waals surface area contributed by atoms with Gasteiger partial charge in [-0.3, -0.25) is 4.79 Å². The number of carbonyl (C=O) groups is 1. The molecule has 98 valence electrons. The van der Waals surface area contributed by atoms with Crippen LogP contribution in [0.15, 0.2) is 24.3 Å². The van der Waals surface area contributed by atoms with Crippen LogP contribution < -0.4 is 0 Å². The molecule has 2 rings (SSSR count). The minimum Gasteiger partial charge on any atom is -0.378 e. The third-order valence-corrected chi connectivity index (χ3v) is 3.57. The molecular weight excluding hydrogens is 224 g/mol. The van der Waals surface area contributed by atoms with Crippen LogP contribution in [0.5, 0.6) is 0 Å². The first kappa shape index (κ1) is 13.3. The SMILES string of the molecule is CC(C)Cc1cccc(C(=O)C2CCOC2C)c1. The molecule has 0 radical (unpaired) electrons. The minimum absolute atomic E-state index is 0.0410. The number of Topliss-reactive ketones (excluding diaryl/α,β-unsaturated/α-hetero) is 1. The van der Waals surface area contributed by atoms with E-state index in [4.69, 9.17) is 4.74 Å². The van der Waals surface area contributed by atoms with Crippen LogP contribution in [0.2, 0.25) is 0 Å². The fraction of sp³-hybridized carbons (Fsp3) is 0.562. The Morgan fingerprint density at radius 3 is 2.83 bits per heavy atom. The summed E-state index contributed by atoms with van der Waals surface area (Å²) in [6.07, 6.45) is 1.94. The number of rotatable bonds is 4. The Morgan fingerprint density at radius 2 is 2.22 bits per heavy atom. The van der Waals surface area contributed by atoms with E-state index in [1.807, 2.05) is 25.1 Å². The van der Waals surface area contributed by atoms with E-state index < -0.39 is 0 Å². The predicted molar refractivity (Wildman–Crippen MR) is 72.8 cm³/mol. The molecule has 0 amide bonds. The van der Waals surface area contributed by atoms with Crippen molar-refractivity contribution < 1.29 is 9.53 Å². The first-order chi connectivity index (χ1) is 8.58. The van der Waals surface area contributed by atoms with Gasteiger partial charge in [-0.1, -0.05) is 32.0 Å². The summed E-state index contributed by atoms with van der Waals surface area (Å²) >= 11 is 0. The lowest BCUT2D eigenvalue weighted by Gasteiger charge is -2.13. The summed E-state index contributed by atoms with van der Waals surface area (Å²) in [5, 5.41) is 0. The van der Waals surface area contributed by atoms with Gasteiger partial charge in [0, 0.05) is 12.2 Å². The van der Waals surface area contributed by atoms with Crippen LogP contribution in [0.3, 0.4) is 0 Å². The van der Waals surface area contributed by atoms with Crippen molar-refractivity contribution in [2.75, 3.05) is 6.61 Å². The molecule has 2 heteroatoms. The van der Waals surface area contributed by atoms with Gasteiger partial charge in [0.15, 0.2) is 5.78 Å². The number of carbonyl (C=O) groups excluding carboxylic acids is 1. The third-order valence-electron chi connectivity index (χ3n) is 3.57. The Morgan fingerprint density at radius 1 is 1.44 bits per heavy atom. The lowest BCUT2D eigenvalue weighted by Crippen LogP contribution is -2.21. The zero-order valence-corrected chi connectivity index (χ0v) is 11.5. The molecular formula is C16H22O2. The van der Waals surface area contributed by atoms with Gasteiger partial charge in [0.2, 0.25) is 0 Å². The molecule has 2 unspecified atom stereocenters. The largest absolute Gasteiger partial charge is 0.378 e. The molecule has 18 heavy (non-hydrogen) atoms. The van der Waals surface area contributed by atoms with Gasteiger partial charge in [-0.05, 0) is 37.3 Å². The van der Waals surface area contributed by atoms with Crippen molar-refractivity contribution in [2.45, 2.75) is 39.7 Å². The molecule has 0 aliphatic carbocycles. The summed E-state index contributed by atoms with van der Waals surface area (Å²) in [5.74, 6) is 0.897. The first-order valence-corrected chi connectivity index (χ1v) is 6.82. The lowest BCUT2D eigenvalue weighted by atomic mass is 9.91. The molecule has 1 heterocycles. The second-order valence-corrected chi connectivity index (χ2v) is 5.63. The second kappa shape index (κ2) is 5.66. The van der Waals surface area contributed by atoms with E-state index in [0.29, 0.717) is 12.5 Å². The predicted octanol–water partition coefficient (Wildman–Crippen LogP) is 3.49. The van der Waals surface area contributed by atoms with Gasteiger partial charge in [0.1, 0.15) is 0 Å². The normalized spacial score (nSPS) is 23.6. The van der Waals surface area contributed by atoms with Crippen molar-refractivity contribution >= 4 is 5.78 Å². The van der Waals surface area contributed by atoms with Gasteiger partial charge >= 0.3 is 0 Å². The molecule has 0 aromatic heterocycles. The number of hydrogen-bond acceptors (Lipinski definition) is 2. The van der Waals surface area contributed by atoms with E-state index in [1.54, 1.807) is 0 Å². The molecule has 1 aromatic rings. The zero-order valence-electron chi connectivity index (χ0n) is 11.5. The minimum atomic E-state index is 0.0410. The molecule has 1 aliphatic rings. The lowest BCUT2D eigenvalue weighted by molar-refractivity contribution is 0.0764. The molecule has 0 bridgehead atoms. The van der Waals surface area contributed by atoms with Crippen molar-refractivity contribution in [2.24, 2.45) is 11.8 Å². The molecule has 0 saturated carbocycles. The van der Waals surface area contributed by atoms with Crippen LogP contribution in [-0.4, -0.2) is 18.5 Å². The highest BCUT2D eigenvalue weighted by Crippen LogP contribution is 2.25. The Bertz CT molecular complexity index is 423. The number of benzene rings is 1. The number of hydrogen-bond donors (Lipinski definition) is 0. The van der Waals surface area contributed by atoms with Crippen LogP contribution in [0, 0.1) is 11.8 Å². The van der Waals surface area contributed by atoms with Crippen LogP contribution in [-0.2, 0) is 11.2 Å². The van der Waals surface area contributed by atoms with Gasteiger partial charge in [-0.25, -0.2) is 0 Å². The molecule has 0 N–H and O–H groups in total. The van der Waals surface area contributed by atoms with Crippen LogP contribution in [0.4, 0.5) is 0 Å². The standard InChI is InChI=1S/C16H22O2/c1-11(2)9-13-5-4-6-14(10-13)16(17)15-7-8-18-12(15)3/h4-6,10-12,15H,7-9H2,1-3H3. The molecule has 1 saturated heterocycles. The Kier molecular flexibility index (Phi) is 4.18. The van der Waals surface area contributed by atoms with Gasteiger partial charge in [-0.2, -0.15) is 0 Å². The molecule has 2 atom stereocenters. The fourth-order valence-corrected chi connectivity index (χ4v) is 2.61. The van der Waals surface area contributed by atoms with Gasteiger partial charge < -0.3 is 4.74 Å². The van der Waals surface area contributed by atoms with Crippen molar-refractivity contribution in [3.8, 4) is 0 Å². The summed E-state index contributed by atoms with van der Waals surface area (Å²) in [6, 6.07) is 8.07. The number of ketones is 1. The number of ether oxygens (including phenoxy) is 1. The van der Waals surface area contributed by atoms with E-state index in [0.717, 1.165) is 18.4 Å². The van der Waals surface area contributed by atoms with Crippen molar-refractivity contribution in [3.05, 3.63) is 35.4 Å². The van der Waals surface area contributed by atoms with E-state index in [1.165, 1.54) is 5.56 Å². The monoisotopic (exact) mass is 246 g/mol. The topological polar surface area (TPSA) is 26.3 Å². The average molecular weight is 246 g/mol. The van der Waals surface area contributed by atoms with E-state index in [2.05, 4.69) is 19.9 Å². The fourth-order valence-electron chi connectivity index (χ4n) is 2.61. The van der Waals surface area contributed by atoms with Crippen molar-refractivity contribution in [1.29, 1.82) is 0 Å². The van der Waals surface area contributed by atoms with E-state index >= 15 is 0 Å². The average Bonchev–Trinajstić information content (AvgIpc) is 2.74. The summed E-state index contributed by atoms with van der Waals surface area (Å²) in [7, 11) is 0. The smallest absolute Gasteiger partial charge is 0.168 e. The van der Waals surface area contributed by atoms with Crippen molar-refractivity contribution in [1.82, 2.24) is 0 Å². The van der Waals surface area contributed by atoms with Crippen LogP contribution >= 0.6 is 0 Å². The molecule has 1 aliphatic heterocycles. The van der Waals surface area contributed by atoms with Crippen LogP contribution in [0.25, 0.3) is 0 Å². The van der Waals surface area contributed by atoms with Gasteiger partial charge in [0.25, 0.3) is 0 Å². The molecule has 2 nitrogen and oxygen atoms in total. The maximum absolute atomic E-state index is 12.4. The molecule has 0 spiro atoms. The third kappa shape index (κ3) is 2.99. The van der Waals surface area contributed by atoms with Gasteiger partial charge in [0.05, 0.1) is 12.0 Å². The summed E-state index contributed by atoms with van der Waals surface area (Å²) in [6.45, 7) is 7.10. The van der Waals surface area contributed by atoms with E-state index in [-0.39, 0.29) is 17.8 Å². The Labute approximate surface area is 109 Å². The summed E-state index contributed by atoms with van der Waals surface area (Å²) < 4.78 is 5.48. The van der Waals surface area contributed by atoms with Gasteiger partial charge in [-0.15, -0.1) is 0 Å². The Balaban J connectivity index is 2.15. The highest BCUT2D eigenvalue weighted by Gasteiger charge is 2.31. The summed E-state index contributed by atoms with van der Waals surface area (Å²) in [4.78, 5) is 12.4. The quantitative estimate of drug-likeness (QED) is 0.760. The van der Waals surface area contributed by atoms with Crippen molar-refractivity contribution in [3.63, 3.8) is 0 Å². The Hall–Kier alpha value is -1.15. The highest BCUT2D eigenvalue weighted by atomic mass is 16.5. The maximum atomic E-state index is 12.4. The maximum Gasteiger partial charge on any atom is 0.168 e. The molecule has 1 fully saturated rings. The first-order valence-electron chi connectivity index (χ1n) is 6.82. The second-order valence-electron chi connectivity index (χ2n) is 5.63. The van der Waals surface area contributed by atoms with Crippen LogP contribution in [0.1, 0.15) is 43.1 Å². The van der Waals surface area contributed by atoms with E-state index in [9.17, 15) is 4.79 Å². The highest BCUT2D eigenvalue weighted by molar-refractivity contribution is 5.98. The summed E-state index contributed by atoms with van der Waals surface area (Å²) in [5.41, 5.74) is 2.10.